The van der Waals surface area contributed by atoms with Crippen LogP contribution < -0.4 is 14.8 Å². The molecule has 1 amide bonds. The zero-order chi connectivity index (χ0) is 24.8. The van der Waals surface area contributed by atoms with E-state index in [1.54, 1.807) is 67.4 Å². The second kappa shape index (κ2) is 11.1. The van der Waals surface area contributed by atoms with Gasteiger partial charge in [-0.2, -0.15) is 5.10 Å². The fourth-order valence-corrected chi connectivity index (χ4v) is 3.91. The summed E-state index contributed by atoms with van der Waals surface area (Å²) in [5.74, 6) is -0.133. The van der Waals surface area contributed by atoms with E-state index in [0.29, 0.717) is 39.9 Å². The highest BCUT2D eigenvalue weighted by atomic mass is 35.5. The number of carboxylic acid groups (broad SMARTS) is 1. The van der Waals surface area contributed by atoms with Gasteiger partial charge in [-0.3, -0.25) is 9.59 Å². The predicted molar refractivity (Wildman–Crippen MR) is 130 cm³/mol. The summed E-state index contributed by atoms with van der Waals surface area (Å²) < 4.78 is 12.7. The minimum atomic E-state index is -0.975. The first-order chi connectivity index (χ1) is 16.2. The van der Waals surface area contributed by atoms with Gasteiger partial charge in [0, 0.05) is 11.1 Å². The Bertz CT molecular complexity index is 1140. The Kier molecular flexibility index (Phi) is 8.17. The molecule has 2 N–H and O–H groups in total. The molecule has 34 heavy (non-hydrogen) atoms. The summed E-state index contributed by atoms with van der Waals surface area (Å²) in [7, 11) is 3.11. The smallest absolute Gasteiger partial charge is 0.305 e. The summed E-state index contributed by atoms with van der Waals surface area (Å²) in [6.07, 6.45) is 0.359. The first kappa shape index (κ1) is 25.1. The molecule has 3 aromatic rings. The van der Waals surface area contributed by atoms with Crippen LogP contribution in [0.3, 0.4) is 0 Å². The lowest BCUT2D eigenvalue weighted by atomic mass is 10.0. The first-order valence-corrected chi connectivity index (χ1v) is 11.2. The molecule has 0 unspecified atom stereocenters. The lowest BCUT2D eigenvalue weighted by Gasteiger charge is -2.18. The third-order valence-corrected chi connectivity index (χ3v) is 5.46. The Morgan fingerprint density at radius 3 is 2.24 bits per heavy atom. The lowest BCUT2D eigenvalue weighted by Crippen LogP contribution is -2.37. The van der Waals surface area contributed by atoms with Crippen LogP contribution in [0.2, 0.25) is 5.02 Å². The van der Waals surface area contributed by atoms with Crippen LogP contribution in [0.15, 0.2) is 48.5 Å². The summed E-state index contributed by atoms with van der Waals surface area (Å²) in [6, 6.07) is 13.5. The number of benzene rings is 2. The van der Waals surface area contributed by atoms with E-state index in [-0.39, 0.29) is 18.0 Å². The Balaban J connectivity index is 2.10. The molecular formula is C25H28ClN3O5. The van der Waals surface area contributed by atoms with Gasteiger partial charge < -0.3 is 19.9 Å². The van der Waals surface area contributed by atoms with Crippen LogP contribution in [-0.2, 0) is 4.79 Å². The molecule has 1 heterocycles. The standard InChI is InChI=1S/C25H28ClN3O5/c1-15(2)12-17(13-23(30)31)27-25(32)19-14-20(24-21(33-3)6-5-7-22(24)34-4)29(28-19)18-10-8-16(26)9-11-18/h5-11,14-15,17H,12-13H2,1-4H3,(H,27,32)(H,30,31)/t17-/m0/s1. The number of aromatic nitrogens is 2. The quantitative estimate of drug-likeness (QED) is 0.426. The number of amides is 1. The molecule has 1 aromatic heterocycles. The van der Waals surface area contributed by atoms with Gasteiger partial charge in [0.25, 0.3) is 5.91 Å². The number of nitrogens with one attached hydrogen (secondary N) is 1. The van der Waals surface area contributed by atoms with Crippen molar-refractivity contribution >= 4 is 23.5 Å². The summed E-state index contributed by atoms with van der Waals surface area (Å²) >= 11 is 6.07. The highest BCUT2D eigenvalue weighted by molar-refractivity contribution is 6.30. The summed E-state index contributed by atoms with van der Waals surface area (Å²) in [4.78, 5) is 24.4. The SMILES string of the molecule is COc1cccc(OC)c1-c1cc(C(=O)N[C@H](CC(=O)O)CC(C)C)nn1-c1ccc(Cl)cc1. The zero-order valence-electron chi connectivity index (χ0n) is 19.5. The molecule has 0 saturated heterocycles. The number of carboxylic acids is 1. The highest BCUT2D eigenvalue weighted by Crippen LogP contribution is 2.39. The van der Waals surface area contributed by atoms with Gasteiger partial charge >= 0.3 is 5.97 Å². The Morgan fingerprint density at radius 1 is 1.09 bits per heavy atom. The summed E-state index contributed by atoms with van der Waals surface area (Å²) in [5, 5.41) is 17.2. The second-order valence-electron chi connectivity index (χ2n) is 8.24. The third kappa shape index (κ3) is 5.88. The number of carbonyl (C=O) groups is 2. The van der Waals surface area contributed by atoms with Crippen molar-refractivity contribution in [1.82, 2.24) is 15.1 Å². The van der Waals surface area contributed by atoms with Crippen molar-refractivity contribution in [2.45, 2.75) is 32.7 Å². The molecule has 180 valence electrons. The molecule has 0 bridgehead atoms. The highest BCUT2D eigenvalue weighted by Gasteiger charge is 2.24. The fraction of sp³-hybridized carbons (Fsp3) is 0.320. The van der Waals surface area contributed by atoms with E-state index >= 15 is 0 Å². The molecule has 0 fully saturated rings. The molecule has 0 aliphatic rings. The topological polar surface area (TPSA) is 103 Å². The Morgan fingerprint density at radius 2 is 1.71 bits per heavy atom. The van der Waals surface area contributed by atoms with Crippen molar-refractivity contribution in [1.29, 1.82) is 0 Å². The minimum absolute atomic E-state index is 0.136. The number of halogens is 1. The van der Waals surface area contributed by atoms with Crippen LogP contribution in [0.4, 0.5) is 0 Å². The Hall–Kier alpha value is -3.52. The van der Waals surface area contributed by atoms with Gasteiger partial charge in [0.2, 0.25) is 0 Å². The van der Waals surface area contributed by atoms with Gasteiger partial charge in [0.15, 0.2) is 5.69 Å². The number of aliphatic carboxylic acids is 1. The summed E-state index contributed by atoms with van der Waals surface area (Å²) in [6.45, 7) is 3.95. The van der Waals surface area contributed by atoms with Crippen molar-refractivity contribution in [3.05, 3.63) is 59.2 Å². The molecule has 0 spiro atoms. The van der Waals surface area contributed by atoms with E-state index in [4.69, 9.17) is 21.1 Å². The van der Waals surface area contributed by atoms with Crippen molar-refractivity contribution in [2.24, 2.45) is 5.92 Å². The normalized spacial score (nSPS) is 11.8. The van der Waals surface area contributed by atoms with Crippen LogP contribution >= 0.6 is 11.6 Å². The Labute approximate surface area is 203 Å². The molecule has 0 aliphatic carbocycles. The van der Waals surface area contributed by atoms with Crippen LogP contribution in [0.5, 0.6) is 11.5 Å². The van der Waals surface area contributed by atoms with Crippen molar-refractivity contribution in [3.8, 4) is 28.4 Å². The summed E-state index contributed by atoms with van der Waals surface area (Å²) in [5.41, 5.74) is 2.01. The molecule has 8 nitrogen and oxygen atoms in total. The van der Waals surface area contributed by atoms with E-state index < -0.39 is 17.9 Å². The minimum Gasteiger partial charge on any atom is -0.496 e. The van der Waals surface area contributed by atoms with E-state index in [1.165, 1.54) is 0 Å². The number of nitrogens with zero attached hydrogens (tertiary/aromatic N) is 2. The molecule has 3 rings (SSSR count). The van der Waals surface area contributed by atoms with Crippen molar-refractivity contribution in [3.63, 3.8) is 0 Å². The number of hydrogen-bond acceptors (Lipinski definition) is 5. The van der Waals surface area contributed by atoms with Crippen LogP contribution in [0, 0.1) is 5.92 Å². The third-order valence-electron chi connectivity index (χ3n) is 5.21. The van der Waals surface area contributed by atoms with Gasteiger partial charge in [-0.25, -0.2) is 4.68 Å². The molecule has 0 saturated carbocycles. The molecular weight excluding hydrogens is 458 g/mol. The largest absolute Gasteiger partial charge is 0.496 e. The first-order valence-electron chi connectivity index (χ1n) is 10.8. The van der Waals surface area contributed by atoms with Gasteiger partial charge in [0.05, 0.1) is 37.6 Å². The molecule has 9 heteroatoms. The zero-order valence-corrected chi connectivity index (χ0v) is 20.3. The number of carbonyl (C=O) groups excluding carboxylic acids is 1. The molecule has 1 atom stereocenters. The van der Waals surface area contributed by atoms with Crippen molar-refractivity contribution in [2.75, 3.05) is 14.2 Å². The maximum Gasteiger partial charge on any atom is 0.305 e. The second-order valence-corrected chi connectivity index (χ2v) is 8.67. The molecule has 2 aromatic carbocycles. The average molecular weight is 486 g/mol. The predicted octanol–water partition coefficient (Wildman–Crippen LogP) is 4.83. The van der Waals surface area contributed by atoms with E-state index in [9.17, 15) is 14.7 Å². The van der Waals surface area contributed by atoms with E-state index in [2.05, 4.69) is 10.4 Å². The van der Waals surface area contributed by atoms with E-state index in [0.717, 1.165) is 0 Å². The van der Waals surface area contributed by atoms with Gasteiger partial charge in [-0.05, 0) is 54.8 Å². The van der Waals surface area contributed by atoms with Crippen LogP contribution in [0.1, 0.15) is 37.2 Å². The van der Waals surface area contributed by atoms with Gasteiger partial charge in [0.1, 0.15) is 11.5 Å². The van der Waals surface area contributed by atoms with Gasteiger partial charge in [-0.1, -0.05) is 31.5 Å². The average Bonchev–Trinajstić information content (AvgIpc) is 3.23. The number of methoxy groups -OCH3 is 2. The maximum atomic E-state index is 13.1. The molecule has 0 aliphatic heterocycles. The number of ether oxygens (including phenoxy) is 2. The fourth-order valence-electron chi connectivity index (χ4n) is 3.79. The lowest BCUT2D eigenvalue weighted by molar-refractivity contribution is -0.137. The van der Waals surface area contributed by atoms with Crippen LogP contribution in [-0.4, -0.2) is 47.0 Å². The van der Waals surface area contributed by atoms with E-state index in [1.807, 2.05) is 13.8 Å². The maximum absolute atomic E-state index is 13.1. The van der Waals surface area contributed by atoms with Crippen LogP contribution in [0.25, 0.3) is 16.9 Å². The monoisotopic (exact) mass is 485 g/mol. The molecule has 0 radical (unpaired) electrons. The van der Waals surface area contributed by atoms with Crippen molar-refractivity contribution < 1.29 is 24.2 Å². The van der Waals surface area contributed by atoms with Gasteiger partial charge in [-0.15, -0.1) is 0 Å². The number of rotatable bonds is 10. The number of hydrogen-bond donors (Lipinski definition) is 2.